The Morgan fingerprint density at radius 2 is 1.82 bits per heavy atom. The van der Waals surface area contributed by atoms with E-state index in [0.717, 1.165) is 47.7 Å². The number of anilines is 1. The lowest BCUT2D eigenvalue weighted by Crippen LogP contribution is -2.51. The lowest BCUT2D eigenvalue weighted by molar-refractivity contribution is -0.141. The first-order valence-electron chi connectivity index (χ1n) is 13.7. The zero-order valence-electron chi connectivity index (χ0n) is 22.1. The summed E-state index contributed by atoms with van der Waals surface area (Å²) in [5.74, 6) is -0.307. The molecule has 3 aromatic carbocycles. The molecule has 5 rings (SSSR count). The van der Waals surface area contributed by atoms with Crippen molar-refractivity contribution >= 4 is 57.4 Å². The van der Waals surface area contributed by atoms with E-state index in [0.29, 0.717) is 35.0 Å². The van der Waals surface area contributed by atoms with Gasteiger partial charge in [-0.15, -0.1) is 0 Å². The van der Waals surface area contributed by atoms with Crippen molar-refractivity contribution in [3.05, 3.63) is 75.8 Å². The second kappa shape index (κ2) is 12.0. The number of nitrogens with zero attached hydrogens (tertiary/aromatic N) is 2. The molecule has 0 spiro atoms. The molecule has 1 aliphatic heterocycles. The van der Waals surface area contributed by atoms with Crippen LogP contribution < -0.4 is 10.2 Å². The molecule has 204 valence electrons. The molecule has 3 aromatic rings. The van der Waals surface area contributed by atoms with Crippen molar-refractivity contribution in [3.63, 3.8) is 0 Å². The van der Waals surface area contributed by atoms with Crippen LogP contribution >= 0.6 is 23.2 Å². The van der Waals surface area contributed by atoms with E-state index < -0.39 is 6.04 Å². The maximum absolute atomic E-state index is 13.7. The molecule has 39 heavy (non-hydrogen) atoms. The molecule has 1 aliphatic carbocycles. The summed E-state index contributed by atoms with van der Waals surface area (Å²) in [6, 6.07) is 16.4. The molecular formula is C31H33Cl2N3O3. The van der Waals surface area contributed by atoms with Crippen LogP contribution in [0.4, 0.5) is 5.69 Å². The van der Waals surface area contributed by atoms with Crippen LogP contribution in [0.15, 0.2) is 54.6 Å². The van der Waals surface area contributed by atoms with Crippen molar-refractivity contribution in [2.75, 3.05) is 11.4 Å². The zero-order chi connectivity index (χ0) is 27.5. The van der Waals surface area contributed by atoms with E-state index in [-0.39, 0.29) is 36.7 Å². The number of rotatable bonds is 10. The minimum atomic E-state index is -0.615. The molecule has 3 amide bonds. The molecule has 1 heterocycles. The molecule has 1 N–H and O–H groups in total. The highest BCUT2D eigenvalue weighted by atomic mass is 35.5. The minimum Gasteiger partial charge on any atom is -0.352 e. The molecule has 1 atom stereocenters. The average Bonchev–Trinajstić information content (AvgIpc) is 3.53. The van der Waals surface area contributed by atoms with E-state index >= 15 is 0 Å². The molecule has 8 heteroatoms. The molecular weight excluding hydrogens is 533 g/mol. The SMILES string of the molecule is CCC(C(=O)NC1CCCC1)N(Cc1ccc(Cl)cc1Cl)C(=O)CCCN1C(=O)c2cccc3cccc1c23. The zero-order valence-corrected chi connectivity index (χ0v) is 23.6. The van der Waals surface area contributed by atoms with Crippen molar-refractivity contribution in [3.8, 4) is 0 Å². The highest BCUT2D eigenvalue weighted by Crippen LogP contribution is 2.37. The van der Waals surface area contributed by atoms with Crippen LogP contribution in [0.1, 0.15) is 67.8 Å². The summed E-state index contributed by atoms with van der Waals surface area (Å²) >= 11 is 12.6. The Bertz CT molecular complexity index is 1400. The summed E-state index contributed by atoms with van der Waals surface area (Å²) in [6.45, 7) is 2.54. The van der Waals surface area contributed by atoms with Crippen molar-refractivity contribution in [2.24, 2.45) is 0 Å². The first-order valence-corrected chi connectivity index (χ1v) is 14.5. The molecule has 1 saturated carbocycles. The summed E-state index contributed by atoms with van der Waals surface area (Å²) < 4.78 is 0. The summed E-state index contributed by atoms with van der Waals surface area (Å²) in [5, 5.41) is 6.13. The van der Waals surface area contributed by atoms with E-state index in [1.807, 2.05) is 43.3 Å². The van der Waals surface area contributed by atoms with Crippen LogP contribution in [-0.2, 0) is 16.1 Å². The molecule has 6 nitrogen and oxygen atoms in total. The number of hydrogen-bond acceptors (Lipinski definition) is 3. The fraction of sp³-hybridized carbons (Fsp3) is 0.387. The van der Waals surface area contributed by atoms with E-state index in [9.17, 15) is 14.4 Å². The molecule has 0 saturated heterocycles. The number of carbonyl (C=O) groups excluding carboxylic acids is 3. The first kappa shape index (κ1) is 27.5. The van der Waals surface area contributed by atoms with Crippen LogP contribution in [0.5, 0.6) is 0 Å². The second-order valence-corrected chi connectivity index (χ2v) is 11.3. The highest BCUT2D eigenvalue weighted by molar-refractivity contribution is 6.35. The molecule has 0 radical (unpaired) electrons. The number of nitrogens with one attached hydrogen (secondary N) is 1. The van der Waals surface area contributed by atoms with Gasteiger partial charge in [0, 0.05) is 46.5 Å². The van der Waals surface area contributed by atoms with Gasteiger partial charge < -0.3 is 15.1 Å². The van der Waals surface area contributed by atoms with Crippen molar-refractivity contribution in [2.45, 2.75) is 70.5 Å². The maximum Gasteiger partial charge on any atom is 0.258 e. The van der Waals surface area contributed by atoms with E-state index in [2.05, 4.69) is 5.32 Å². The minimum absolute atomic E-state index is 0.0403. The third-order valence-electron chi connectivity index (χ3n) is 7.86. The second-order valence-electron chi connectivity index (χ2n) is 10.4. The van der Waals surface area contributed by atoms with E-state index in [1.165, 1.54) is 0 Å². The topological polar surface area (TPSA) is 69.7 Å². The Kier molecular flexibility index (Phi) is 8.43. The Hall–Kier alpha value is -3.09. The van der Waals surface area contributed by atoms with Gasteiger partial charge in [-0.25, -0.2) is 0 Å². The predicted octanol–water partition coefficient (Wildman–Crippen LogP) is 6.75. The third kappa shape index (κ3) is 5.78. The van der Waals surface area contributed by atoms with Crippen LogP contribution in [0.2, 0.25) is 10.0 Å². The van der Waals surface area contributed by atoms with Gasteiger partial charge >= 0.3 is 0 Å². The van der Waals surface area contributed by atoms with Gasteiger partial charge in [0.2, 0.25) is 11.8 Å². The first-order chi connectivity index (χ1) is 18.9. The van der Waals surface area contributed by atoms with Crippen LogP contribution in [0.25, 0.3) is 10.8 Å². The number of amides is 3. The number of carbonyl (C=O) groups is 3. The fourth-order valence-corrected chi connectivity index (χ4v) is 6.32. The quantitative estimate of drug-likeness (QED) is 0.295. The van der Waals surface area contributed by atoms with Crippen molar-refractivity contribution < 1.29 is 14.4 Å². The fourth-order valence-electron chi connectivity index (χ4n) is 5.85. The van der Waals surface area contributed by atoms with Gasteiger partial charge in [-0.05, 0) is 60.9 Å². The van der Waals surface area contributed by atoms with Crippen LogP contribution in [-0.4, -0.2) is 41.2 Å². The van der Waals surface area contributed by atoms with Crippen LogP contribution in [0, 0.1) is 0 Å². The lowest BCUT2D eigenvalue weighted by Gasteiger charge is -2.32. The standard InChI is InChI=1S/C31H33Cl2N3O3/c1-2-26(30(38)34-23-10-3-4-11-23)36(19-21-15-16-22(32)18-25(21)33)28(37)14-7-17-35-27-13-6-9-20-8-5-12-24(29(20)27)31(35)39/h5-6,8-9,12-13,15-16,18,23,26H,2-4,7,10-11,14,17,19H2,1H3,(H,34,38). The van der Waals surface area contributed by atoms with Crippen molar-refractivity contribution in [1.82, 2.24) is 10.2 Å². The summed E-state index contributed by atoms with van der Waals surface area (Å²) in [7, 11) is 0. The van der Waals surface area contributed by atoms with Gasteiger partial charge in [-0.3, -0.25) is 14.4 Å². The van der Waals surface area contributed by atoms with E-state index in [4.69, 9.17) is 23.2 Å². The predicted molar refractivity (Wildman–Crippen MR) is 156 cm³/mol. The van der Waals surface area contributed by atoms with Gasteiger partial charge in [0.05, 0.1) is 5.69 Å². The number of halogens is 2. The highest BCUT2D eigenvalue weighted by Gasteiger charge is 2.32. The third-order valence-corrected chi connectivity index (χ3v) is 8.45. The van der Waals surface area contributed by atoms with Gasteiger partial charge in [0.1, 0.15) is 6.04 Å². The van der Waals surface area contributed by atoms with Gasteiger partial charge in [-0.2, -0.15) is 0 Å². The Labute approximate surface area is 239 Å². The van der Waals surface area contributed by atoms with Gasteiger partial charge in [0.15, 0.2) is 0 Å². The Morgan fingerprint density at radius 1 is 1.08 bits per heavy atom. The monoisotopic (exact) mass is 565 g/mol. The van der Waals surface area contributed by atoms with Crippen LogP contribution in [0.3, 0.4) is 0 Å². The Balaban J connectivity index is 1.31. The normalized spacial score (nSPS) is 15.7. The van der Waals surface area contributed by atoms with Gasteiger partial charge in [-0.1, -0.05) is 73.3 Å². The van der Waals surface area contributed by atoms with Gasteiger partial charge in [0.25, 0.3) is 5.91 Å². The summed E-state index contributed by atoms with van der Waals surface area (Å²) in [6.07, 6.45) is 5.32. The molecule has 2 aliphatic rings. The Morgan fingerprint density at radius 3 is 2.54 bits per heavy atom. The number of benzene rings is 3. The summed E-state index contributed by atoms with van der Waals surface area (Å²) in [4.78, 5) is 43.6. The lowest BCUT2D eigenvalue weighted by atomic mass is 10.1. The maximum atomic E-state index is 13.7. The average molecular weight is 567 g/mol. The molecule has 1 unspecified atom stereocenters. The molecule has 0 bridgehead atoms. The smallest absolute Gasteiger partial charge is 0.258 e. The summed E-state index contributed by atoms with van der Waals surface area (Å²) in [5.41, 5.74) is 2.31. The van der Waals surface area contributed by atoms with E-state index in [1.54, 1.807) is 28.0 Å². The van der Waals surface area contributed by atoms with Crippen molar-refractivity contribution in [1.29, 1.82) is 0 Å². The largest absolute Gasteiger partial charge is 0.352 e. The molecule has 0 aromatic heterocycles. The number of hydrogen-bond donors (Lipinski definition) is 1. The molecule has 1 fully saturated rings.